The van der Waals surface area contributed by atoms with Crippen LogP contribution in [0.4, 0.5) is 0 Å². The van der Waals surface area contributed by atoms with Gasteiger partial charge in [0.05, 0.1) is 18.1 Å². The number of rotatable bonds is 8. The molecule has 0 saturated heterocycles. The van der Waals surface area contributed by atoms with Crippen molar-refractivity contribution in [1.29, 1.82) is 0 Å². The molecule has 1 rings (SSSR count). The molecule has 0 heterocycles. The van der Waals surface area contributed by atoms with Gasteiger partial charge in [-0.3, -0.25) is 9.69 Å². The minimum absolute atomic E-state index is 0.0694. The largest absolute Gasteiger partial charge is 0.496 e. The van der Waals surface area contributed by atoms with Gasteiger partial charge in [-0.05, 0) is 54.4 Å². The zero-order valence-electron chi connectivity index (χ0n) is 12.2. The number of aliphatic hydroxyl groups excluding tert-OH is 1. The summed E-state index contributed by atoms with van der Waals surface area (Å²) >= 11 is 3.39. The molecule has 1 N–H and O–H groups in total. The molecule has 0 aromatic heterocycles. The normalized spacial score (nSPS) is 11.2. The minimum atomic E-state index is 0.0694. The third kappa shape index (κ3) is 4.89. The monoisotopic (exact) mass is 343 g/mol. The van der Waals surface area contributed by atoms with Crippen LogP contribution in [0.25, 0.3) is 0 Å². The van der Waals surface area contributed by atoms with Gasteiger partial charge in [0.2, 0.25) is 0 Å². The minimum Gasteiger partial charge on any atom is -0.496 e. The average molecular weight is 344 g/mol. The topological polar surface area (TPSA) is 49.8 Å². The number of methoxy groups -OCH3 is 1. The van der Waals surface area contributed by atoms with Gasteiger partial charge in [-0.1, -0.05) is 0 Å². The lowest BCUT2D eigenvalue weighted by molar-refractivity contribution is 0.0896. The third-order valence-corrected chi connectivity index (χ3v) is 3.77. The molecule has 0 aliphatic carbocycles. The van der Waals surface area contributed by atoms with Gasteiger partial charge in [-0.25, -0.2) is 0 Å². The predicted octanol–water partition coefficient (Wildman–Crippen LogP) is 2.73. The van der Waals surface area contributed by atoms with Crippen LogP contribution in [0.5, 0.6) is 5.75 Å². The average Bonchev–Trinajstić information content (AvgIpc) is 2.42. The van der Waals surface area contributed by atoms with E-state index in [1.807, 2.05) is 0 Å². The molecular weight excluding hydrogens is 322 g/mol. The lowest BCUT2D eigenvalue weighted by Crippen LogP contribution is -2.36. The molecule has 0 atom stereocenters. The first-order chi connectivity index (χ1) is 9.49. The molecule has 0 unspecified atom stereocenters. The summed E-state index contributed by atoms with van der Waals surface area (Å²) in [7, 11) is 1.59. The van der Waals surface area contributed by atoms with Crippen molar-refractivity contribution in [1.82, 2.24) is 4.90 Å². The maximum Gasteiger partial charge on any atom is 0.176 e. The summed E-state index contributed by atoms with van der Waals surface area (Å²) in [4.78, 5) is 14.4. The smallest absolute Gasteiger partial charge is 0.176 e. The Balaban J connectivity index is 2.75. The zero-order chi connectivity index (χ0) is 15.1. The number of halogens is 1. The summed E-state index contributed by atoms with van der Waals surface area (Å²) in [6.45, 7) is 5.32. The van der Waals surface area contributed by atoms with Crippen LogP contribution in [0.15, 0.2) is 22.7 Å². The highest BCUT2D eigenvalue weighted by Gasteiger charge is 2.16. The van der Waals surface area contributed by atoms with E-state index in [2.05, 4.69) is 34.7 Å². The Kier molecular flexibility index (Phi) is 7.19. The Morgan fingerprint density at radius 1 is 1.45 bits per heavy atom. The fourth-order valence-corrected chi connectivity index (χ4v) is 2.45. The van der Waals surface area contributed by atoms with E-state index < -0.39 is 0 Å². The van der Waals surface area contributed by atoms with Gasteiger partial charge < -0.3 is 9.84 Å². The molecule has 0 fully saturated rings. The molecule has 4 nitrogen and oxygen atoms in total. The van der Waals surface area contributed by atoms with Crippen LogP contribution in [0.1, 0.15) is 30.6 Å². The summed E-state index contributed by atoms with van der Waals surface area (Å²) < 4.78 is 5.93. The quantitative estimate of drug-likeness (QED) is 0.737. The Bertz CT molecular complexity index is 449. The van der Waals surface area contributed by atoms with Gasteiger partial charge in [-0.15, -0.1) is 0 Å². The first-order valence-electron chi connectivity index (χ1n) is 6.71. The molecule has 1 aromatic rings. The van der Waals surface area contributed by atoms with Crippen molar-refractivity contribution >= 4 is 21.7 Å². The predicted molar refractivity (Wildman–Crippen MR) is 83.4 cm³/mol. The molecule has 1 aromatic carbocycles. The van der Waals surface area contributed by atoms with E-state index in [1.54, 1.807) is 25.3 Å². The number of carbonyl (C=O) groups is 1. The fraction of sp³-hybridized carbons (Fsp3) is 0.533. The number of aliphatic hydroxyl groups is 1. The van der Waals surface area contributed by atoms with Gasteiger partial charge in [-0.2, -0.15) is 0 Å². The molecule has 0 bridgehead atoms. The summed E-state index contributed by atoms with van der Waals surface area (Å²) in [6, 6.07) is 5.61. The molecule has 5 heteroatoms. The molecule has 0 amide bonds. The van der Waals surface area contributed by atoms with E-state index in [0.717, 1.165) is 11.0 Å². The molecule has 0 aliphatic rings. The third-order valence-electron chi connectivity index (χ3n) is 3.15. The number of hydrogen-bond acceptors (Lipinski definition) is 4. The second-order valence-electron chi connectivity index (χ2n) is 4.91. The van der Waals surface area contributed by atoms with Gasteiger partial charge in [0, 0.05) is 24.8 Å². The lowest BCUT2D eigenvalue weighted by atomic mass is 10.1. The Hall–Kier alpha value is -0.910. The van der Waals surface area contributed by atoms with Crippen molar-refractivity contribution in [3.63, 3.8) is 0 Å². The molecule has 0 saturated carbocycles. The van der Waals surface area contributed by atoms with Crippen LogP contribution in [0.2, 0.25) is 0 Å². The Labute approximate surface area is 128 Å². The molecule has 0 aliphatic heterocycles. The van der Waals surface area contributed by atoms with E-state index in [0.29, 0.717) is 24.3 Å². The van der Waals surface area contributed by atoms with Crippen molar-refractivity contribution in [2.24, 2.45) is 0 Å². The van der Waals surface area contributed by atoms with E-state index in [4.69, 9.17) is 9.84 Å². The van der Waals surface area contributed by atoms with Gasteiger partial charge in [0.25, 0.3) is 0 Å². The number of benzene rings is 1. The summed E-state index contributed by atoms with van der Waals surface area (Å²) in [6.07, 6.45) is 0.678. The molecule has 112 valence electrons. The SMILES string of the molecule is COc1ccc(C(=O)CN(CCCO)C(C)C)cc1Br. The van der Waals surface area contributed by atoms with Crippen LogP contribution in [-0.2, 0) is 0 Å². The van der Waals surface area contributed by atoms with Crippen molar-refractivity contribution in [2.75, 3.05) is 26.8 Å². The second kappa shape index (κ2) is 8.39. The highest BCUT2D eigenvalue weighted by atomic mass is 79.9. The number of nitrogens with zero attached hydrogens (tertiary/aromatic N) is 1. The Morgan fingerprint density at radius 2 is 2.15 bits per heavy atom. The van der Waals surface area contributed by atoms with Crippen LogP contribution < -0.4 is 4.74 Å². The first kappa shape index (κ1) is 17.1. The van der Waals surface area contributed by atoms with Crippen molar-refractivity contribution in [2.45, 2.75) is 26.3 Å². The van der Waals surface area contributed by atoms with Gasteiger partial charge in [0.15, 0.2) is 5.78 Å². The summed E-state index contributed by atoms with van der Waals surface area (Å²) in [5.74, 6) is 0.780. The van der Waals surface area contributed by atoms with E-state index in [-0.39, 0.29) is 18.4 Å². The van der Waals surface area contributed by atoms with Crippen LogP contribution in [0, 0.1) is 0 Å². The number of Topliss-reactive ketones (excluding diaryl/α,β-unsaturated/α-hetero) is 1. The summed E-state index contributed by atoms with van der Waals surface area (Å²) in [5.41, 5.74) is 0.660. The first-order valence-corrected chi connectivity index (χ1v) is 7.50. The van der Waals surface area contributed by atoms with E-state index in [9.17, 15) is 4.79 Å². The number of ether oxygens (including phenoxy) is 1. The second-order valence-corrected chi connectivity index (χ2v) is 5.77. The maximum atomic E-state index is 12.3. The van der Waals surface area contributed by atoms with Crippen molar-refractivity contribution in [3.05, 3.63) is 28.2 Å². The highest BCUT2D eigenvalue weighted by Crippen LogP contribution is 2.25. The molecule has 20 heavy (non-hydrogen) atoms. The zero-order valence-corrected chi connectivity index (χ0v) is 13.8. The molecule has 0 radical (unpaired) electrons. The lowest BCUT2D eigenvalue weighted by Gasteiger charge is -2.25. The summed E-state index contributed by atoms with van der Waals surface area (Å²) in [5, 5.41) is 8.91. The highest BCUT2D eigenvalue weighted by molar-refractivity contribution is 9.10. The van der Waals surface area contributed by atoms with Crippen LogP contribution in [0.3, 0.4) is 0 Å². The Morgan fingerprint density at radius 3 is 2.65 bits per heavy atom. The standard InChI is InChI=1S/C15H22BrNO3/c1-11(2)17(7-4-8-18)10-14(19)12-5-6-15(20-3)13(16)9-12/h5-6,9,11,18H,4,7-8,10H2,1-3H3. The maximum absolute atomic E-state index is 12.3. The van der Waals surface area contributed by atoms with Crippen LogP contribution >= 0.6 is 15.9 Å². The van der Waals surface area contributed by atoms with Gasteiger partial charge >= 0.3 is 0 Å². The van der Waals surface area contributed by atoms with E-state index in [1.165, 1.54) is 0 Å². The molecule has 0 spiro atoms. The number of ketones is 1. The van der Waals surface area contributed by atoms with Crippen molar-refractivity contribution in [3.8, 4) is 5.75 Å². The molecular formula is C15H22BrNO3. The van der Waals surface area contributed by atoms with Crippen molar-refractivity contribution < 1.29 is 14.6 Å². The van der Waals surface area contributed by atoms with Gasteiger partial charge in [0.1, 0.15) is 5.75 Å². The fourth-order valence-electron chi connectivity index (χ4n) is 1.91. The van der Waals surface area contributed by atoms with E-state index >= 15 is 0 Å². The number of carbonyl (C=O) groups excluding carboxylic acids is 1. The number of hydrogen-bond donors (Lipinski definition) is 1. The van der Waals surface area contributed by atoms with Crippen LogP contribution in [-0.4, -0.2) is 48.6 Å².